The van der Waals surface area contributed by atoms with Crippen molar-refractivity contribution in [1.29, 1.82) is 0 Å². The summed E-state index contributed by atoms with van der Waals surface area (Å²) in [6.07, 6.45) is 3.01. The van der Waals surface area contributed by atoms with Crippen LogP contribution in [0.2, 0.25) is 5.02 Å². The van der Waals surface area contributed by atoms with E-state index in [-0.39, 0.29) is 22.1 Å². The normalized spacial score (nSPS) is 10.7. The first-order chi connectivity index (χ1) is 14.9. The Bertz CT molecular complexity index is 1300. The SMILES string of the molecule is O=C(Nc1ccc(Cl)c(F)c1)Nc1cc(F)c(F)c(Oc2ccc3nccnc3c2)c1. The Morgan fingerprint density at radius 1 is 0.839 bits per heavy atom. The number of aromatic nitrogens is 2. The largest absolute Gasteiger partial charge is 0.454 e. The minimum Gasteiger partial charge on any atom is -0.454 e. The molecule has 0 bridgehead atoms. The number of benzene rings is 3. The Balaban J connectivity index is 1.53. The number of urea groups is 1. The third-order valence-corrected chi connectivity index (χ3v) is 4.41. The molecule has 0 saturated carbocycles. The van der Waals surface area contributed by atoms with Crippen LogP contribution >= 0.6 is 11.6 Å². The zero-order chi connectivity index (χ0) is 22.0. The summed E-state index contributed by atoms with van der Waals surface area (Å²) < 4.78 is 47.2. The first-order valence-corrected chi connectivity index (χ1v) is 9.17. The van der Waals surface area contributed by atoms with Crippen LogP contribution < -0.4 is 15.4 Å². The molecule has 0 aliphatic heterocycles. The molecule has 0 saturated heterocycles. The monoisotopic (exact) mass is 444 g/mol. The average Bonchev–Trinajstić information content (AvgIpc) is 2.74. The van der Waals surface area contributed by atoms with Crippen molar-refractivity contribution in [2.45, 2.75) is 0 Å². The molecular formula is C21H12ClF3N4O2. The standard InChI is InChI=1S/C21H12ClF3N4O2/c22-14-3-1-11(7-15(14)23)28-21(30)29-12-8-16(24)20(25)19(9-12)31-13-2-4-17-18(10-13)27-6-5-26-17/h1-10H,(H2,28,29,30). The summed E-state index contributed by atoms with van der Waals surface area (Å²) in [5.41, 5.74) is 1.15. The van der Waals surface area contributed by atoms with Crippen LogP contribution in [-0.4, -0.2) is 16.0 Å². The number of fused-ring (bicyclic) bond motifs is 1. The number of rotatable bonds is 4. The Labute approximate surface area is 178 Å². The van der Waals surface area contributed by atoms with Crippen molar-refractivity contribution in [3.8, 4) is 11.5 Å². The molecule has 1 heterocycles. The predicted octanol–water partition coefficient (Wildman–Crippen LogP) is 6.14. The molecule has 4 aromatic rings. The fourth-order valence-corrected chi connectivity index (χ4v) is 2.83. The van der Waals surface area contributed by atoms with Crippen LogP contribution in [0.15, 0.2) is 60.9 Å². The lowest BCUT2D eigenvalue weighted by atomic mass is 10.2. The topological polar surface area (TPSA) is 76.1 Å². The average molecular weight is 445 g/mol. The highest BCUT2D eigenvalue weighted by atomic mass is 35.5. The highest BCUT2D eigenvalue weighted by molar-refractivity contribution is 6.30. The van der Waals surface area contributed by atoms with Gasteiger partial charge in [-0.1, -0.05) is 11.6 Å². The van der Waals surface area contributed by atoms with Crippen LogP contribution in [0.4, 0.5) is 29.3 Å². The zero-order valence-corrected chi connectivity index (χ0v) is 16.3. The van der Waals surface area contributed by atoms with E-state index in [4.69, 9.17) is 16.3 Å². The van der Waals surface area contributed by atoms with Crippen molar-refractivity contribution >= 4 is 40.0 Å². The van der Waals surface area contributed by atoms with E-state index < -0.39 is 29.2 Å². The Morgan fingerprint density at radius 2 is 1.55 bits per heavy atom. The Kier molecular flexibility index (Phi) is 5.59. The lowest BCUT2D eigenvalue weighted by molar-refractivity contribution is 0.262. The van der Waals surface area contributed by atoms with Crippen LogP contribution in [0, 0.1) is 17.5 Å². The van der Waals surface area contributed by atoms with E-state index in [9.17, 15) is 18.0 Å². The van der Waals surface area contributed by atoms with E-state index in [0.717, 1.165) is 18.2 Å². The minimum absolute atomic E-state index is 0.0820. The summed E-state index contributed by atoms with van der Waals surface area (Å²) in [5, 5.41) is 4.59. The predicted molar refractivity (Wildman–Crippen MR) is 110 cm³/mol. The molecule has 0 aliphatic carbocycles. The maximum atomic E-state index is 14.2. The third-order valence-electron chi connectivity index (χ3n) is 4.10. The lowest BCUT2D eigenvalue weighted by Gasteiger charge is -2.12. The zero-order valence-electron chi connectivity index (χ0n) is 15.5. The van der Waals surface area contributed by atoms with Gasteiger partial charge in [-0.2, -0.15) is 4.39 Å². The van der Waals surface area contributed by atoms with Crippen LogP contribution in [0.5, 0.6) is 11.5 Å². The van der Waals surface area contributed by atoms with E-state index in [1.165, 1.54) is 36.7 Å². The second-order valence-electron chi connectivity index (χ2n) is 6.29. The highest BCUT2D eigenvalue weighted by Crippen LogP contribution is 2.31. The number of carbonyl (C=O) groups is 1. The van der Waals surface area contributed by atoms with Gasteiger partial charge in [0.05, 0.1) is 16.1 Å². The fourth-order valence-electron chi connectivity index (χ4n) is 2.71. The fraction of sp³-hybridized carbons (Fsp3) is 0. The van der Waals surface area contributed by atoms with Crippen molar-refractivity contribution in [1.82, 2.24) is 9.97 Å². The molecule has 1 aromatic heterocycles. The van der Waals surface area contributed by atoms with Crippen LogP contribution in [0.25, 0.3) is 11.0 Å². The number of anilines is 2. The van der Waals surface area contributed by atoms with Crippen molar-refractivity contribution in [2.75, 3.05) is 10.6 Å². The van der Waals surface area contributed by atoms with Gasteiger partial charge in [-0.15, -0.1) is 0 Å². The molecule has 2 N–H and O–H groups in total. The summed E-state index contributed by atoms with van der Waals surface area (Å²) in [6, 6.07) is 9.42. The molecule has 31 heavy (non-hydrogen) atoms. The molecule has 0 fully saturated rings. The molecule has 0 unspecified atom stereocenters. The first kappa shape index (κ1) is 20.4. The Morgan fingerprint density at radius 3 is 2.32 bits per heavy atom. The summed E-state index contributed by atoms with van der Waals surface area (Å²) >= 11 is 5.59. The quantitative estimate of drug-likeness (QED) is 0.396. The first-order valence-electron chi connectivity index (χ1n) is 8.80. The number of halogens is 4. The molecule has 10 heteroatoms. The van der Waals surface area contributed by atoms with Gasteiger partial charge in [0.1, 0.15) is 11.6 Å². The third kappa shape index (κ3) is 4.67. The van der Waals surface area contributed by atoms with Crippen molar-refractivity contribution in [2.24, 2.45) is 0 Å². The second kappa shape index (κ2) is 8.49. The highest BCUT2D eigenvalue weighted by Gasteiger charge is 2.15. The van der Waals surface area contributed by atoms with Gasteiger partial charge in [0, 0.05) is 42.0 Å². The maximum absolute atomic E-state index is 14.2. The van der Waals surface area contributed by atoms with E-state index >= 15 is 0 Å². The number of amides is 2. The van der Waals surface area contributed by atoms with E-state index in [0.29, 0.717) is 11.0 Å². The minimum atomic E-state index is -1.23. The summed E-state index contributed by atoms with van der Waals surface area (Å²) in [6.45, 7) is 0. The molecule has 156 valence electrons. The summed E-state index contributed by atoms with van der Waals surface area (Å²) in [4.78, 5) is 20.4. The summed E-state index contributed by atoms with van der Waals surface area (Å²) in [7, 11) is 0. The molecule has 0 spiro atoms. The second-order valence-corrected chi connectivity index (χ2v) is 6.69. The van der Waals surface area contributed by atoms with Crippen molar-refractivity contribution < 1.29 is 22.7 Å². The maximum Gasteiger partial charge on any atom is 0.323 e. The van der Waals surface area contributed by atoms with Crippen LogP contribution in [-0.2, 0) is 0 Å². The molecule has 6 nitrogen and oxygen atoms in total. The van der Waals surface area contributed by atoms with Gasteiger partial charge in [-0.3, -0.25) is 9.97 Å². The van der Waals surface area contributed by atoms with E-state index in [1.807, 2.05) is 0 Å². The molecule has 0 atom stereocenters. The Hall–Kier alpha value is -3.85. The number of hydrogen-bond acceptors (Lipinski definition) is 4. The number of nitrogens with zero attached hydrogens (tertiary/aromatic N) is 2. The van der Waals surface area contributed by atoms with Crippen LogP contribution in [0.1, 0.15) is 0 Å². The van der Waals surface area contributed by atoms with E-state index in [1.54, 1.807) is 6.07 Å². The van der Waals surface area contributed by atoms with Gasteiger partial charge in [0.2, 0.25) is 5.82 Å². The molecule has 0 aliphatic rings. The van der Waals surface area contributed by atoms with E-state index in [2.05, 4.69) is 20.6 Å². The van der Waals surface area contributed by atoms with Gasteiger partial charge in [0.25, 0.3) is 0 Å². The van der Waals surface area contributed by atoms with Crippen molar-refractivity contribution in [3.63, 3.8) is 0 Å². The summed E-state index contributed by atoms with van der Waals surface area (Å²) in [5.74, 6) is -3.43. The van der Waals surface area contributed by atoms with Gasteiger partial charge in [-0.05, 0) is 30.3 Å². The smallest absolute Gasteiger partial charge is 0.323 e. The molecule has 3 aromatic carbocycles. The number of carbonyl (C=O) groups excluding carboxylic acids is 1. The molecule has 0 radical (unpaired) electrons. The number of ether oxygens (including phenoxy) is 1. The van der Waals surface area contributed by atoms with Crippen LogP contribution in [0.3, 0.4) is 0 Å². The van der Waals surface area contributed by atoms with Gasteiger partial charge >= 0.3 is 6.03 Å². The van der Waals surface area contributed by atoms with Crippen molar-refractivity contribution in [3.05, 3.63) is 83.4 Å². The number of hydrogen-bond donors (Lipinski definition) is 2. The number of nitrogens with one attached hydrogen (secondary N) is 2. The molecule has 2 amide bonds. The van der Waals surface area contributed by atoms with Gasteiger partial charge in [0.15, 0.2) is 11.6 Å². The van der Waals surface area contributed by atoms with Gasteiger partial charge in [-0.25, -0.2) is 13.6 Å². The lowest BCUT2D eigenvalue weighted by Crippen LogP contribution is -2.19. The molecule has 4 rings (SSSR count). The van der Waals surface area contributed by atoms with Gasteiger partial charge < -0.3 is 15.4 Å². The molecular weight excluding hydrogens is 433 g/mol.